The molecule has 0 bridgehead atoms. The average molecular weight is 437 g/mol. The first-order chi connectivity index (χ1) is 15.1. The number of nitrogens with one attached hydrogen (secondary N) is 1. The van der Waals surface area contributed by atoms with Gasteiger partial charge in [-0.3, -0.25) is 9.59 Å². The molecule has 2 amide bonds. The Morgan fingerprint density at radius 2 is 1.81 bits per heavy atom. The van der Waals surface area contributed by atoms with Gasteiger partial charge in [-0.1, -0.05) is 24.3 Å². The lowest BCUT2D eigenvalue weighted by Gasteiger charge is -2.37. The molecule has 31 heavy (non-hydrogen) atoms. The zero-order valence-corrected chi connectivity index (χ0v) is 18.3. The van der Waals surface area contributed by atoms with E-state index in [-0.39, 0.29) is 24.4 Å². The number of carbonyl (C=O) groups excluding carboxylic acids is 2. The molecule has 1 aromatic heterocycles. The van der Waals surface area contributed by atoms with E-state index in [1.807, 2.05) is 40.6 Å². The Morgan fingerprint density at radius 3 is 2.48 bits per heavy atom. The number of hydrogen-bond acceptors (Lipinski definition) is 5. The molecule has 0 aliphatic carbocycles. The molecule has 7 heteroatoms. The van der Waals surface area contributed by atoms with Crippen LogP contribution in [0.2, 0.25) is 0 Å². The summed E-state index contributed by atoms with van der Waals surface area (Å²) in [6.07, 6.45) is 0.704. The molecule has 0 radical (unpaired) electrons. The topological polar surface area (TPSA) is 67.9 Å². The molecule has 0 saturated carbocycles. The first kappa shape index (κ1) is 20.9. The van der Waals surface area contributed by atoms with E-state index in [1.54, 1.807) is 49.8 Å². The number of nitrogens with zero attached hydrogens (tertiary/aromatic N) is 1. The summed E-state index contributed by atoms with van der Waals surface area (Å²) in [6, 6.07) is 16.6. The van der Waals surface area contributed by atoms with E-state index < -0.39 is 0 Å². The van der Waals surface area contributed by atoms with Gasteiger partial charge in [0.05, 0.1) is 26.8 Å². The summed E-state index contributed by atoms with van der Waals surface area (Å²) in [7, 11) is 3.23. The summed E-state index contributed by atoms with van der Waals surface area (Å²) in [5, 5.41) is 4.76. The Hall–Kier alpha value is -3.32. The third-order valence-electron chi connectivity index (χ3n) is 5.44. The van der Waals surface area contributed by atoms with Gasteiger partial charge < -0.3 is 19.7 Å². The minimum absolute atomic E-state index is 0.0573. The van der Waals surface area contributed by atoms with Crippen molar-refractivity contribution in [2.75, 3.05) is 27.3 Å². The molecule has 1 atom stereocenters. The highest BCUT2D eigenvalue weighted by Crippen LogP contribution is 2.42. The van der Waals surface area contributed by atoms with Crippen LogP contribution in [0.25, 0.3) is 0 Å². The van der Waals surface area contributed by atoms with Crippen LogP contribution >= 0.6 is 11.3 Å². The van der Waals surface area contributed by atoms with E-state index in [2.05, 4.69) is 5.32 Å². The van der Waals surface area contributed by atoms with Crippen molar-refractivity contribution in [3.63, 3.8) is 0 Å². The fourth-order valence-corrected chi connectivity index (χ4v) is 4.77. The number of amides is 2. The molecule has 1 aliphatic rings. The van der Waals surface area contributed by atoms with Crippen LogP contribution in [0.15, 0.2) is 60.0 Å². The predicted octanol–water partition coefficient (Wildman–Crippen LogP) is 3.67. The smallest absolute Gasteiger partial charge is 0.251 e. The van der Waals surface area contributed by atoms with Crippen LogP contribution in [-0.4, -0.2) is 44.0 Å². The molecular weight excluding hydrogens is 412 g/mol. The van der Waals surface area contributed by atoms with Crippen molar-refractivity contribution < 1.29 is 19.1 Å². The summed E-state index contributed by atoms with van der Waals surface area (Å²) in [5.41, 5.74) is 2.69. The maximum Gasteiger partial charge on any atom is 0.251 e. The van der Waals surface area contributed by atoms with Crippen molar-refractivity contribution in [2.24, 2.45) is 0 Å². The van der Waals surface area contributed by atoms with Crippen LogP contribution in [0.1, 0.15) is 32.4 Å². The van der Waals surface area contributed by atoms with Crippen molar-refractivity contribution in [1.82, 2.24) is 10.2 Å². The number of benzene rings is 2. The van der Waals surface area contributed by atoms with E-state index in [9.17, 15) is 9.59 Å². The van der Waals surface area contributed by atoms with E-state index in [0.717, 1.165) is 16.0 Å². The maximum atomic E-state index is 13.2. The number of carbonyl (C=O) groups is 2. The first-order valence-electron chi connectivity index (χ1n) is 10.0. The van der Waals surface area contributed by atoms with Crippen LogP contribution in [0.4, 0.5) is 0 Å². The summed E-state index contributed by atoms with van der Waals surface area (Å²) in [5.74, 6) is 0.934. The lowest BCUT2D eigenvalue weighted by atomic mass is 9.90. The van der Waals surface area contributed by atoms with E-state index in [0.29, 0.717) is 30.0 Å². The fourth-order valence-electron chi connectivity index (χ4n) is 3.92. The molecule has 0 spiro atoms. The minimum atomic E-state index is -0.259. The van der Waals surface area contributed by atoms with Crippen molar-refractivity contribution in [1.29, 1.82) is 0 Å². The van der Waals surface area contributed by atoms with Crippen LogP contribution in [0, 0.1) is 0 Å². The Labute approximate surface area is 185 Å². The maximum absolute atomic E-state index is 13.2. The molecule has 3 aromatic rings. The molecule has 1 unspecified atom stereocenters. The molecule has 0 saturated heterocycles. The molecule has 2 aromatic carbocycles. The SMILES string of the molecule is COc1cc2c(cc1OC)C(c1cccs1)N(C(=O)CNC(=O)c1ccccc1)CC2. The van der Waals surface area contributed by atoms with Crippen LogP contribution in [-0.2, 0) is 11.2 Å². The fraction of sp³-hybridized carbons (Fsp3) is 0.250. The van der Waals surface area contributed by atoms with Crippen LogP contribution in [0.3, 0.4) is 0 Å². The lowest BCUT2D eigenvalue weighted by Crippen LogP contribution is -2.45. The molecule has 0 fully saturated rings. The number of rotatable bonds is 6. The van der Waals surface area contributed by atoms with E-state index >= 15 is 0 Å². The number of methoxy groups -OCH3 is 2. The zero-order valence-electron chi connectivity index (χ0n) is 17.5. The van der Waals surface area contributed by atoms with Crippen molar-refractivity contribution >= 4 is 23.2 Å². The first-order valence-corrected chi connectivity index (χ1v) is 10.9. The van der Waals surface area contributed by atoms with Gasteiger partial charge >= 0.3 is 0 Å². The molecule has 2 heterocycles. The van der Waals surface area contributed by atoms with E-state index in [1.165, 1.54) is 0 Å². The second-order valence-corrected chi connectivity index (χ2v) is 8.19. The summed E-state index contributed by atoms with van der Waals surface area (Å²) in [6.45, 7) is 0.503. The van der Waals surface area contributed by atoms with E-state index in [4.69, 9.17) is 9.47 Å². The summed E-state index contributed by atoms with van der Waals surface area (Å²) >= 11 is 1.61. The lowest BCUT2D eigenvalue weighted by molar-refractivity contribution is -0.132. The Balaban J connectivity index is 1.60. The summed E-state index contributed by atoms with van der Waals surface area (Å²) in [4.78, 5) is 28.5. The quantitative estimate of drug-likeness (QED) is 0.640. The molecule has 1 N–H and O–H groups in total. The van der Waals surface area contributed by atoms with Gasteiger partial charge in [-0.15, -0.1) is 11.3 Å². The van der Waals surface area contributed by atoms with Gasteiger partial charge in [0.2, 0.25) is 5.91 Å². The predicted molar refractivity (Wildman–Crippen MR) is 120 cm³/mol. The van der Waals surface area contributed by atoms with Crippen LogP contribution < -0.4 is 14.8 Å². The number of thiophene rings is 1. The number of fused-ring (bicyclic) bond motifs is 1. The highest BCUT2D eigenvalue weighted by atomic mass is 32.1. The van der Waals surface area contributed by atoms with Gasteiger partial charge in [-0.25, -0.2) is 0 Å². The zero-order chi connectivity index (χ0) is 21.8. The highest BCUT2D eigenvalue weighted by Gasteiger charge is 2.34. The highest BCUT2D eigenvalue weighted by molar-refractivity contribution is 7.10. The monoisotopic (exact) mass is 436 g/mol. The molecule has 1 aliphatic heterocycles. The molecule has 160 valence electrons. The van der Waals surface area contributed by atoms with Crippen LogP contribution in [0.5, 0.6) is 11.5 Å². The van der Waals surface area contributed by atoms with Gasteiger partial charge in [0.15, 0.2) is 11.5 Å². The standard InChI is InChI=1S/C24H24N2O4S/c1-29-19-13-17-10-11-26(22(27)15-25-24(28)16-7-4-3-5-8-16)23(21-9-6-12-31-21)18(17)14-20(19)30-2/h3-9,12-14,23H,10-11,15H2,1-2H3,(H,25,28). The minimum Gasteiger partial charge on any atom is -0.493 e. The average Bonchev–Trinajstić information content (AvgIpc) is 3.35. The molecular formula is C24H24N2O4S. The second-order valence-electron chi connectivity index (χ2n) is 7.21. The second kappa shape index (κ2) is 9.22. The molecule has 4 rings (SSSR count). The van der Waals surface area contributed by atoms with Gasteiger partial charge in [-0.05, 0) is 53.3 Å². The number of ether oxygens (including phenoxy) is 2. The molecule has 6 nitrogen and oxygen atoms in total. The Kier molecular flexibility index (Phi) is 6.23. The third-order valence-corrected chi connectivity index (χ3v) is 6.37. The number of hydrogen-bond donors (Lipinski definition) is 1. The normalized spacial score (nSPS) is 15.2. The van der Waals surface area contributed by atoms with Crippen molar-refractivity contribution in [3.8, 4) is 11.5 Å². The Morgan fingerprint density at radius 1 is 1.06 bits per heavy atom. The largest absolute Gasteiger partial charge is 0.493 e. The van der Waals surface area contributed by atoms with Gasteiger partial charge in [0.25, 0.3) is 5.91 Å². The van der Waals surface area contributed by atoms with Crippen molar-refractivity contribution in [2.45, 2.75) is 12.5 Å². The third kappa shape index (κ3) is 4.27. The van der Waals surface area contributed by atoms with Gasteiger partial charge in [-0.2, -0.15) is 0 Å². The summed E-state index contributed by atoms with van der Waals surface area (Å²) < 4.78 is 11.0. The van der Waals surface area contributed by atoms with Gasteiger partial charge in [0, 0.05) is 17.0 Å². The Bertz CT molecular complexity index is 1070. The van der Waals surface area contributed by atoms with Gasteiger partial charge in [0.1, 0.15) is 0 Å². The van der Waals surface area contributed by atoms with Crippen molar-refractivity contribution in [3.05, 3.63) is 81.5 Å².